The van der Waals surface area contributed by atoms with E-state index >= 15 is 0 Å². The van der Waals surface area contributed by atoms with Crippen LogP contribution in [0.5, 0.6) is 0 Å². The Morgan fingerprint density at radius 1 is 0.833 bits per heavy atom. The summed E-state index contributed by atoms with van der Waals surface area (Å²) in [5, 5.41) is 27.7. The summed E-state index contributed by atoms with van der Waals surface area (Å²) < 4.78 is 0. The van der Waals surface area contributed by atoms with Gasteiger partial charge in [-0.25, -0.2) is 0 Å². The van der Waals surface area contributed by atoms with Crippen molar-refractivity contribution in [1.82, 2.24) is 42.5 Å². The van der Waals surface area contributed by atoms with Crippen LogP contribution in [0.25, 0.3) is 0 Å². The first-order valence-corrected chi connectivity index (χ1v) is 11.3. The lowest BCUT2D eigenvalue weighted by atomic mass is 9.90. The second kappa shape index (κ2) is 17.7. The molecule has 0 saturated heterocycles. The molecule has 8 nitrogen and oxygen atoms in total. The zero-order chi connectivity index (χ0) is 22.7. The minimum atomic E-state index is -0.243. The predicted octanol–water partition coefficient (Wildman–Crippen LogP) is -0.987. The van der Waals surface area contributed by atoms with Gasteiger partial charge in [-0.3, -0.25) is 0 Å². The van der Waals surface area contributed by atoms with Crippen LogP contribution in [-0.4, -0.2) is 91.3 Å². The molecule has 0 amide bonds. The number of thiocarbonyl (C=S) groups is 1. The molecule has 0 aliphatic heterocycles. The number of terminal acetylenes is 1. The molecule has 0 aromatic rings. The van der Waals surface area contributed by atoms with Gasteiger partial charge in [-0.05, 0) is 53.3 Å². The molecule has 0 radical (unpaired) electrons. The third-order valence-electron chi connectivity index (χ3n) is 4.91. The van der Waals surface area contributed by atoms with Crippen molar-refractivity contribution >= 4 is 17.3 Å². The largest absolute Gasteiger partial charge is 0.363 e. The van der Waals surface area contributed by atoms with E-state index in [2.05, 4.69) is 55.4 Å². The second-order valence-corrected chi connectivity index (χ2v) is 8.69. The topological polar surface area (TPSA) is 96.2 Å². The van der Waals surface area contributed by atoms with Crippen molar-refractivity contribution in [3.8, 4) is 12.3 Å². The van der Waals surface area contributed by atoms with Crippen LogP contribution in [0.2, 0.25) is 0 Å². The molecule has 0 unspecified atom stereocenters. The predicted molar refractivity (Wildman–Crippen MR) is 134 cm³/mol. The van der Waals surface area contributed by atoms with Crippen molar-refractivity contribution in [2.24, 2.45) is 5.41 Å². The molecule has 30 heavy (non-hydrogen) atoms. The van der Waals surface area contributed by atoms with E-state index in [9.17, 15) is 0 Å². The van der Waals surface area contributed by atoms with Gasteiger partial charge in [0.1, 0.15) is 0 Å². The van der Waals surface area contributed by atoms with Crippen LogP contribution in [0, 0.1) is 17.8 Å². The van der Waals surface area contributed by atoms with E-state index in [4.69, 9.17) is 18.6 Å². The van der Waals surface area contributed by atoms with Crippen LogP contribution in [0.3, 0.4) is 0 Å². The van der Waals surface area contributed by atoms with Gasteiger partial charge in [0.15, 0.2) is 5.11 Å². The SMILES string of the molecule is C#CCCCCNC(=S)NC(CNC)(CNC)CNCNCC(C)(CNC)CNC. The molecule has 0 spiro atoms. The fourth-order valence-electron chi connectivity index (χ4n) is 3.63. The highest BCUT2D eigenvalue weighted by atomic mass is 32.1. The van der Waals surface area contributed by atoms with E-state index in [1.54, 1.807) is 0 Å². The van der Waals surface area contributed by atoms with E-state index < -0.39 is 0 Å². The Hall–Kier alpha value is -0.990. The van der Waals surface area contributed by atoms with Crippen LogP contribution in [0.4, 0.5) is 0 Å². The summed E-state index contributed by atoms with van der Waals surface area (Å²) in [5.74, 6) is 2.67. The Kier molecular flexibility index (Phi) is 17.1. The summed E-state index contributed by atoms with van der Waals surface area (Å²) in [6.45, 7) is 8.95. The standard InChI is InChI=1S/C21H46N8S/c1-7-8-9-10-11-28-19(30)29-21(15-24-5,16-25-6)17-27-18-26-14-20(2,12-22-3)13-23-4/h1,22-27H,8-18H2,2-6H3,(H2,28,29,30). The molecule has 0 aliphatic rings. The summed E-state index contributed by atoms with van der Waals surface area (Å²) in [4.78, 5) is 0. The van der Waals surface area contributed by atoms with E-state index in [0.29, 0.717) is 5.11 Å². The molecule has 8 N–H and O–H groups in total. The molecule has 0 bridgehead atoms. The molecule has 0 atom stereocenters. The number of likely N-dealkylation sites (N-methyl/N-ethyl adjacent to an activating group) is 2. The molecule has 0 rings (SSSR count). The molecule has 0 saturated carbocycles. The fraction of sp³-hybridized carbons (Fsp3) is 0.857. The maximum atomic E-state index is 5.54. The maximum Gasteiger partial charge on any atom is 0.166 e. The van der Waals surface area contributed by atoms with Crippen molar-refractivity contribution in [3.05, 3.63) is 0 Å². The molecule has 9 heteroatoms. The molecular formula is C21H46N8S. The van der Waals surface area contributed by atoms with E-state index in [1.165, 1.54) is 0 Å². The first kappa shape index (κ1) is 29.0. The van der Waals surface area contributed by atoms with Crippen molar-refractivity contribution in [2.45, 2.75) is 31.7 Å². The van der Waals surface area contributed by atoms with Gasteiger partial charge in [0.2, 0.25) is 0 Å². The Morgan fingerprint density at radius 2 is 1.40 bits per heavy atom. The number of rotatable bonds is 19. The van der Waals surface area contributed by atoms with Gasteiger partial charge in [0.05, 0.1) is 5.54 Å². The summed E-state index contributed by atoms with van der Waals surface area (Å²) >= 11 is 5.54. The van der Waals surface area contributed by atoms with Crippen LogP contribution in [0.15, 0.2) is 0 Å². The molecule has 0 aromatic heterocycles. The van der Waals surface area contributed by atoms with Gasteiger partial charge in [-0.2, -0.15) is 0 Å². The molecule has 0 heterocycles. The lowest BCUT2D eigenvalue weighted by Crippen LogP contribution is -2.66. The molecule has 0 aliphatic carbocycles. The van der Waals surface area contributed by atoms with Crippen molar-refractivity contribution in [1.29, 1.82) is 0 Å². The zero-order valence-corrected chi connectivity index (χ0v) is 20.6. The van der Waals surface area contributed by atoms with Gasteiger partial charge in [0, 0.05) is 64.3 Å². The second-order valence-electron chi connectivity index (χ2n) is 8.28. The van der Waals surface area contributed by atoms with E-state index in [-0.39, 0.29) is 11.0 Å². The summed E-state index contributed by atoms with van der Waals surface area (Å²) in [6, 6.07) is 0. The average Bonchev–Trinajstić information content (AvgIpc) is 2.68. The highest BCUT2D eigenvalue weighted by Crippen LogP contribution is 2.11. The number of unbranched alkanes of at least 4 members (excludes halogenated alkanes) is 2. The summed E-state index contributed by atoms with van der Waals surface area (Å²) in [5.41, 5.74) is -0.0886. The number of hydrogen-bond donors (Lipinski definition) is 8. The normalized spacial score (nSPS) is 11.9. The van der Waals surface area contributed by atoms with E-state index in [0.717, 1.165) is 71.7 Å². The monoisotopic (exact) mass is 442 g/mol. The van der Waals surface area contributed by atoms with Crippen LogP contribution < -0.4 is 42.5 Å². The van der Waals surface area contributed by atoms with Gasteiger partial charge in [0.25, 0.3) is 0 Å². The van der Waals surface area contributed by atoms with Crippen LogP contribution in [0.1, 0.15) is 26.2 Å². The Morgan fingerprint density at radius 3 is 1.93 bits per heavy atom. The molecule has 0 aromatic carbocycles. The highest BCUT2D eigenvalue weighted by molar-refractivity contribution is 7.80. The Balaban J connectivity index is 4.59. The molecular weight excluding hydrogens is 396 g/mol. The first-order valence-electron chi connectivity index (χ1n) is 10.9. The molecule has 176 valence electrons. The third-order valence-corrected chi connectivity index (χ3v) is 5.16. The van der Waals surface area contributed by atoms with Crippen molar-refractivity contribution in [2.75, 3.05) is 80.7 Å². The van der Waals surface area contributed by atoms with E-state index in [1.807, 2.05) is 28.2 Å². The summed E-state index contributed by atoms with van der Waals surface area (Å²) in [6.07, 6.45) is 8.13. The Bertz CT molecular complexity index is 468. The first-order chi connectivity index (χ1) is 14.4. The lowest BCUT2D eigenvalue weighted by Gasteiger charge is -2.36. The maximum absolute atomic E-state index is 5.54. The van der Waals surface area contributed by atoms with Crippen LogP contribution >= 0.6 is 12.2 Å². The fourth-order valence-corrected chi connectivity index (χ4v) is 3.95. The minimum absolute atomic E-state index is 0.154. The van der Waals surface area contributed by atoms with Gasteiger partial charge >= 0.3 is 0 Å². The van der Waals surface area contributed by atoms with Crippen molar-refractivity contribution in [3.63, 3.8) is 0 Å². The molecule has 0 fully saturated rings. The average molecular weight is 443 g/mol. The number of hydrogen-bond acceptors (Lipinski definition) is 7. The quantitative estimate of drug-likeness (QED) is 0.0555. The summed E-state index contributed by atoms with van der Waals surface area (Å²) in [7, 11) is 7.91. The highest BCUT2D eigenvalue weighted by Gasteiger charge is 2.29. The Labute approximate surface area is 190 Å². The third kappa shape index (κ3) is 13.3. The van der Waals surface area contributed by atoms with Gasteiger partial charge in [-0.1, -0.05) is 6.92 Å². The van der Waals surface area contributed by atoms with Gasteiger partial charge < -0.3 is 42.5 Å². The van der Waals surface area contributed by atoms with Crippen molar-refractivity contribution < 1.29 is 0 Å². The minimum Gasteiger partial charge on any atom is -0.363 e. The van der Waals surface area contributed by atoms with Crippen LogP contribution in [-0.2, 0) is 0 Å². The zero-order valence-electron chi connectivity index (χ0n) is 19.8. The lowest BCUT2D eigenvalue weighted by molar-refractivity contribution is 0.277. The van der Waals surface area contributed by atoms with Gasteiger partial charge in [-0.15, -0.1) is 12.3 Å². The number of nitrogens with one attached hydrogen (secondary N) is 8. The smallest absolute Gasteiger partial charge is 0.166 e.